The molecule has 0 aliphatic rings. The maximum Gasteiger partial charge on any atom is 0.223 e. The van der Waals surface area contributed by atoms with Gasteiger partial charge in [-0.25, -0.2) is 14.4 Å². The zero-order chi connectivity index (χ0) is 17.1. The second kappa shape index (κ2) is 7.17. The summed E-state index contributed by atoms with van der Waals surface area (Å²) in [4.78, 5) is 13.1. The van der Waals surface area contributed by atoms with Crippen LogP contribution in [0.5, 0.6) is 0 Å². The minimum atomic E-state index is -0.217. The third kappa shape index (κ3) is 3.67. The number of imidazole rings is 1. The summed E-state index contributed by atoms with van der Waals surface area (Å²) in [6.07, 6.45) is 2.81. The summed E-state index contributed by atoms with van der Waals surface area (Å²) in [5, 5.41) is 0.684. The Labute approximate surface area is 144 Å². The smallest absolute Gasteiger partial charge is 0.223 e. The molecular formula is C17H20FN5S. The third-order valence-electron chi connectivity index (χ3n) is 3.72. The first-order chi connectivity index (χ1) is 11.5. The van der Waals surface area contributed by atoms with Gasteiger partial charge in [0.2, 0.25) is 5.95 Å². The van der Waals surface area contributed by atoms with E-state index in [-0.39, 0.29) is 11.8 Å². The van der Waals surface area contributed by atoms with Gasteiger partial charge in [0.15, 0.2) is 5.65 Å². The average molecular weight is 345 g/mol. The van der Waals surface area contributed by atoms with Gasteiger partial charge in [-0.3, -0.25) is 0 Å². The first-order valence-corrected chi connectivity index (χ1v) is 8.87. The van der Waals surface area contributed by atoms with E-state index in [1.807, 2.05) is 10.6 Å². The minimum absolute atomic E-state index is 0.213. The maximum absolute atomic E-state index is 13.8. The van der Waals surface area contributed by atoms with Crippen molar-refractivity contribution in [1.82, 2.24) is 19.5 Å². The maximum atomic E-state index is 13.8. The van der Waals surface area contributed by atoms with Crippen LogP contribution in [0.15, 0.2) is 35.6 Å². The highest BCUT2D eigenvalue weighted by molar-refractivity contribution is 7.98. The van der Waals surface area contributed by atoms with Crippen LogP contribution in [0.4, 0.5) is 10.3 Å². The number of benzene rings is 1. The minimum Gasteiger partial charge on any atom is -0.368 e. The molecule has 0 fully saturated rings. The van der Waals surface area contributed by atoms with E-state index in [9.17, 15) is 4.39 Å². The van der Waals surface area contributed by atoms with Crippen molar-refractivity contribution in [2.24, 2.45) is 5.92 Å². The van der Waals surface area contributed by atoms with Gasteiger partial charge < -0.3 is 10.3 Å². The second-order valence-electron chi connectivity index (χ2n) is 6.06. The van der Waals surface area contributed by atoms with E-state index in [1.54, 1.807) is 18.5 Å². The largest absolute Gasteiger partial charge is 0.368 e. The van der Waals surface area contributed by atoms with Crippen LogP contribution in [0, 0.1) is 11.7 Å². The van der Waals surface area contributed by atoms with Gasteiger partial charge in [0, 0.05) is 12.3 Å². The van der Waals surface area contributed by atoms with Crippen molar-refractivity contribution >= 4 is 28.9 Å². The molecule has 24 heavy (non-hydrogen) atoms. The Morgan fingerprint density at radius 3 is 2.79 bits per heavy atom. The molecule has 2 N–H and O–H groups in total. The van der Waals surface area contributed by atoms with Crippen molar-refractivity contribution in [1.29, 1.82) is 0 Å². The summed E-state index contributed by atoms with van der Waals surface area (Å²) in [7, 11) is 0. The molecule has 0 bridgehead atoms. The molecule has 0 unspecified atom stereocenters. The third-order valence-corrected chi connectivity index (χ3v) is 4.73. The number of rotatable bonds is 6. The monoisotopic (exact) mass is 345 g/mol. The van der Waals surface area contributed by atoms with Crippen LogP contribution in [0.25, 0.3) is 11.2 Å². The number of aryl methyl sites for hydroxylation is 1. The van der Waals surface area contributed by atoms with Gasteiger partial charge in [0.05, 0.1) is 6.33 Å². The van der Waals surface area contributed by atoms with Gasteiger partial charge in [0.1, 0.15) is 16.4 Å². The molecule has 0 saturated carbocycles. The average Bonchev–Trinajstić information content (AvgIpc) is 2.94. The van der Waals surface area contributed by atoms with Gasteiger partial charge in [0.25, 0.3) is 0 Å². The Hall–Kier alpha value is -2.15. The van der Waals surface area contributed by atoms with Crippen molar-refractivity contribution in [2.75, 3.05) is 5.73 Å². The Morgan fingerprint density at radius 2 is 2.04 bits per heavy atom. The fraction of sp³-hybridized carbons (Fsp3) is 0.353. The number of nitrogen functional groups attached to an aromatic ring is 1. The van der Waals surface area contributed by atoms with Gasteiger partial charge >= 0.3 is 0 Å². The zero-order valence-corrected chi connectivity index (χ0v) is 14.6. The number of halogens is 1. The highest BCUT2D eigenvalue weighted by atomic mass is 32.2. The van der Waals surface area contributed by atoms with E-state index in [2.05, 4.69) is 28.8 Å². The highest BCUT2D eigenvalue weighted by Crippen LogP contribution is 2.28. The van der Waals surface area contributed by atoms with E-state index in [1.165, 1.54) is 17.8 Å². The topological polar surface area (TPSA) is 69.6 Å². The van der Waals surface area contributed by atoms with E-state index in [4.69, 9.17) is 5.73 Å². The molecule has 2 aromatic heterocycles. The quantitative estimate of drug-likeness (QED) is 0.542. The fourth-order valence-electron chi connectivity index (χ4n) is 2.36. The lowest BCUT2D eigenvalue weighted by Crippen LogP contribution is -2.04. The summed E-state index contributed by atoms with van der Waals surface area (Å²) in [6.45, 7) is 5.19. The van der Waals surface area contributed by atoms with Crippen molar-refractivity contribution in [3.05, 3.63) is 42.0 Å². The second-order valence-corrected chi connectivity index (χ2v) is 7.02. The number of anilines is 1. The molecule has 7 heteroatoms. The predicted octanol–water partition coefficient (Wildman–Crippen LogP) is 3.89. The SMILES string of the molecule is CC(C)CCn1cnc2c(SCc3ccccc3F)nc(N)nc21. The molecule has 0 atom stereocenters. The summed E-state index contributed by atoms with van der Waals surface area (Å²) < 4.78 is 15.8. The molecule has 0 spiro atoms. The Bertz CT molecular complexity index is 846. The van der Waals surface area contributed by atoms with Crippen LogP contribution in [0.2, 0.25) is 0 Å². The fourth-order valence-corrected chi connectivity index (χ4v) is 3.32. The number of hydrogen-bond acceptors (Lipinski definition) is 5. The first kappa shape index (κ1) is 16.7. The number of nitrogens with zero attached hydrogens (tertiary/aromatic N) is 4. The van der Waals surface area contributed by atoms with Crippen LogP contribution in [0.1, 0.15) is 25.8 Å². The number of thioether (sulfide) groups is 1. The molecule has 0 amide bonds. The van der Waals surface area contributed by atoms with E-state index >= 15 is 0 Å². The zero-order valence-electron chi connectivity index (χ0n) is 13.7. The van der Waals surface area contributed by atoms with Crippen LogP contribution >= 0.6 is 11.8 Å². The lowest BCUT2D eigenvalue weighted by Gasteiger charge is -2.07. The Kier molecular flexibility index (Phi) is 4.99. The summed E-state index contributed by atoms with van der Waals surface area (Å²) in [6, 6.07) is 6.73. The molecule has 5 nitrogen and oxygen atoms in total. The van der Waals surface area contributed by atoms with Crippen LogP contribution in [0.3, 0.4) is 0 Å². The van der Waals surface area contributed by atoms with Gasteiger partial charge in [-0.2, -0.15) is 4.98 Å². The van der Waals surface area contributed by atoms with Crippen molar-refractivity contribution in [2.45, 2.75) is 37.6 Å². The lowest BCUT2D eigenvalue weighted by molar-refractivity contribution is 0.521. The van der Waals surface area contributed by atoms with Crippen molar-refractivity contribution in [3.8, 4) is 0 Å². The van der Waals surface area contributed by atoms with Crippen molar-refractivity contribution in [3.63, 3.8) is 0 Å². The molecule has 1 aromatic carbocycles. The van der Waals surface area contributed by atoms with Crippen molar-refractivity contribution < 1.29 is 4.39 Å². The molecule has 0 aliphatic carbocycles. The number of nitrogens with two attached hydrogens (primary N) is 1. The molecule has 0 radical (unpaired) electrons. The van der Waals surface area contributed by atoms with Crippen LogP contribution < -0.4 is 5.73 Å². The summed E-state index contributed by atoms with van der Waals surface area (Å²) >= 11 is 1.42. The summed E-state index contributed by atoms with van der Waals surface area (Å²) in [5.74, 6) is 1.06. The predicted molar refractivity (Wildman–Crippen MR) is 95.2 cm³/mol. The first-order valence-electron chi connectivity index (χ1n) is 7.89. The van der Waals surface area contributed by atoms with Gasteiger partial charge in [-0.05, 0) is 24.0 Å². The highest BCUT2D eigenvalue weighted by Gasteiger charge is 2.14. The molecule has 3 aromatic rings. The molecule has 126 valence electrons. The molecule has 2 heterocycles. The normalized spacial score (nSPS) is 11.5. The Balaban J connectivity index is 1.86. The number of hydrogen-bond donors (Lipinski definition) is 1. The van der Waals surface area contributed by atoms with Crippen LogP contribution in [-0.4, -0.2) is 19.5 Å². The molecule has 3 rings (SSSR count). The van der Waals surface area contributed by atoms with Gasteiger partial charge in [-0.15, -0.1) is 0 Å². The molecule has 0 aliphatic heterocycles. The molecular weight excluding hydrogens is 325 g/mol. The summed E-state index contributed by atoms with van der Waals surface area (Å²) in [5.41, 5.74) is 7.94. The molecule has 0 saturated heterocycles. The van der Waals surface area contributed by atoms with E-state index in [0.29, 0.717) is 27.8 Å². The van der Waals surface area contributed by atoms with E-state index in [0.717, 1.165) is 18.6 Å². The van der Waals surface area contributed by atoms with Gasteiger partial charge in [-0.1, -0.05) is 43.8 Å². The van der Waals surface area contributed by atoms with Crippen LogP contribution in [-0.2, 0) is 12.3 Å². The number of fused-ring (bicyclic) bond motifs is 1. The lowest BCUT2D eigenvalue weighted by atomic mass is 10.1. The van der Waals surface area contributed by atoms with E-state index < -0.39 is 0 Å². The Morgan fingerprint density at radius 1 is 1.25 bits per heavy atom. The number of aromatic nitrogens is 4. The standard InChI is InChI=1S/C17H20FN5S/c1-11(2)7-8-23-10-20-14-15(23)21-17(19)22-16(14)24-9-12-5-3-4-6-13(12)18/h3-6,10-11H,7-9H2,1-2H3,(H2,19,21,22).